The number of aliphatic hydroxyl groups is 1. The molecule has 3 aromatic carbocycles. The van der Waals surface area contributed by atoms with Crippen LogP contribution in [0.1, 0.15) is 126 Å². The summed E-state index contributed by atoms with van der Waals surface area (Å²) < 4.78 is 38.4. The van der Waals surface area contributed by atoms with Gasteiger partial charge < -0.3 is 14.6 Å². The Morgan fingerprint density at radius 2 is 0.875 bits per heavy atom. The first-order valence-electron chi connectivity index (χ1n) is 18.3. The molecule has 0 aliphatic rings. The Kier molecular flexibility index (Phi) is 22.0. The van der Waals surface area contributed by atoms with Gasteiger partial charge in [-0.1, -0.05) is 194 Å². The van der Waals surface area contributed by atoms with E-state index in [9.17, 15) is 13.5 Å². The van der Waals surface area contributed by atoms with Crippen molar-refractivity contribution in [2.24, 2.45) is 0 Å². The van der Waals surface area contributed by atoms with Crippen molar-refractivity contribution in [2.75, 3.05) is 26.1 Å². The third-order valence-corrected chi connectivity index (χ3v) is 8.49. The van der Waals surface area contributed by atoms with E-state index in [-0.39, 0.29) is 13.2 Å². The van der Waals surface area contributed by atoms with Crippen molar-refractivity contribution in [3.05, 3.63) is 108 Å². The van der Waals surface area contributed by atoms with Gasteiger partial charge in [-0.05, 0) is 23.1 Å². The van der Waals surface area contributed by atoms with E-state index in [1.165, 1.54) is 96.3 Å². The van der Waals surface area contributed by atoms with Gasteiger partial charge in [-0.2, -0.15) is 8.42 Å². The summed E-state index contributed by atoms with van der Waals surface area (Å²) in [6.45, 7) is 3.44. The molecule has 0 heterocycles. The molecule has 0 fully saturated rings. The maximum absolute atomic E-state index is 10.8. The van der Waals surface area contributed by atoms with E-state index in [1.807, 2.05) is 54.6 Å². The number of unbranched alkanes of at least 4 members (excludes halogenated alkanes) is 15. The molecule has 48 heavy (non-hydrogen) atoms. The summed E-state index contributed by atoms with van der Waals surface area (Å²) in [5, 5.41) is 10.8. The lowest BCUT2D eigenvalue weighted by Crippen LogP contribution is -2.36. The molecule has 1 atom stereocenters. The monoisotopic (exact) mass is 682 g/mol. The molecular formula is C41H62O6S. The first kappa shape index (κ1) is 41.6. The van der Waals surface area contributed by atoms with Crippen LogP contribution < -0.4 is 0 Å². The Labute approximate surface area is 292 Å². The van der Waals surface area contributed by atoms with E-state index < -0.39 is 21.8 Å². The van der Waals surface area contributed by atoms with Crippen molar-refractivity contribution >= 4 is 10.1 Å². The summed E-state index contributed by atoms with van der Waals surface area (Å²) >= 11 is 0. The van der Waals surface area contributed by atoms with Crippen molar-refractivity contribution < 1.29 is 27.6 Å². The zero-order valence-electron chi connectivity index (χ0n) is 29.6. The molecule has 1 unspecified atom stereocenters. The minimum atomic E-state index is -3.67. The van der Waals surface area contributed by atoms with Crippen molar-refractivity contribution in [1.29, 1.82) is 0 Å². The number of hydrogen-bond acceptors (Lipinski definition) is 5. The minimum absolute atomic E-state index is 0.178. The molecule has 268 valence electrons. The van der Waals surface area contributed by atoms with Crippen LogP contribution in [-0.4, -0.2) is 50.3 Å². The molecule has 0 aromatic heterocycles. The highest BCUT2D eigenvalue weighted by molar-refractivity contribution is 7.85. The number of benzene rings is 3. The van der Waals surface area contributed by atoms with E-state index in [0.717, 1.165) is 23.1 Å². The summed E-state index contributed by atoms with van der Waals surface area (Å²) in [4.78, 5) is 0. The molecular weight excluding hydrogens is 621 g/mol. The Bertz CT molecular complexity index is 1160. The average Bonchev–Trinajstić information content (AvgIpc) is 3.09. The molecule has 0 saturated heterocycles. The Morgan fingerprint density at radius 1 is 0.562 bits per heavy atom. The van der Waals surface area contributed by atoms with Crippen LogP contribution in [0.25, 0.3) is 0 Å². The van der Waals surface area contributed by atoms with Gasteiger partial charge in [0.15, 0.2) is 0 Å². The van der Waals surface area contributed by atoms with Gasteiger partial charge in [-0.3, -0.25) is 4.55 Å². The lowest BCUT2D eigenvalue weighted by Gasteiger charge is -2.36. The summed E-state index contributed by atoms with van der Waals surface area (Å²) in [6.07, 6.45) is 21.8. The van der Waals surface area contributed by atoms with Crippen molar-refractivity contribution in [3.8, 4) is 0 Å². The fraction of sp³-hybridized carbons (Fsp3) is 0.561. The summed E-state index contributed by atoms with van der Waals surface area (Å²) in [6, 6.07) is 30.9. The van der Waals surface area contributed by atoms with Gasteiger partial charge in [0.05, 0.1) is 19.5 Å². The average molecular weight is 683 g/mol. The van der Waals surface area contributed by atoms with Gasteiger partial charge in [-0.25, -0.2) is 0 Å². The third-order valence-electron chi connectivity index (χ3n) is 8.49. The van der Waals surface area contributed by atoms with Gasteiger partial charge in [-0.15, -0.1) is 0 Å². The predicted molar refractivity (Wildman–Crippen MR) is 199 cm³/mol. The van der Waals surface area contributed by atoms with E-state index in [2.05, 4.69) is 43.3 Å². The highest BCUT2D eigenvalue weighted by Gasteiger charge is 2.38. The summed E-state index contributed by atoms with van der Waals surface area (Å²) in [7, 11) is -3.67. The highest BCUT2D eigenvalue weighted by atomic mass is 32.2. The summed E-state index contributed by atoms with van der Waals surface area (Å²) in [5.74, 6) is 0. The maximum atomic E-state index is 10.8. The predicted octanol–water partition coefficient (Wildman–Crippen LogP) is 10.1. The van der Waals surface area contributed by atoms with Gasteiger partial charge in [0.2, 0.25) is 0 Å². The highest BCUT2D eigenvalue weighted by Crippen LogP contribution is 2.40. The van der Waals surface area contributed by atoms with Crippen LogP contribution in [0.4, 0.5) is 0 Å². The Morgan fingerprint density at radius 3 is 1.21 bits per heavy atom. The number of aliphatic hydroxyl groups excluding tert-OH is 1. The fourth-order valence-corrected chi connectivity index (χ4v) is 6.01. The van der Waals surface area contributed by atoms with E-state index in [1.54, 1.807) is 0 Å². The normalized spacial score (nSPS) is 12.3. The standard InChI is InChI=1S/C40H58O3.CH4O3S/c1-2-3-4-5-6-7-8-9-10-11-12-13-14-15-16-26-33-42-34-39(41)35-43-40(36-27-20-17-21-28-36,37-29-22-18-23-30-37)38-31-24-19-25-32-38;1-5(2,3)4/h17-25,27-32,39,41H,2-16,26,33-35H2,1H3;1H3,(H,2,3,4). The third kappa shape index (κ3) is 18.3. The molecule has 0 saturated carbocycles. The van der Waals surface area contributed by atoms with Crippen molar-refractivity contribution in [3.63, 3.8) is 0 Å². The zero-order chi connectivity index (χ0) is 34.8. The van der Waals surface area contributed by atoms with Crippen LogP contribution in [-0.2, 0) is 25.2 Å². The van der Waals surface area contributed by atoms with Crippen LogP contribution in [0.5, 0.6) is 0 Å². The molecule has 2 N–H and O–H groups in total. The molecule has 0 aliphatic carbocycles. The van der Waals surface area contributed by atoms with Gasteiger partial charge in [0, 0.05) is 6.61 Å². The topological polar surface area (TPSA) is 93.1 Å². The van der Waals surface area contributed by atoms with Gasteiger partial charge >= 0.3 is 0 Å². The van der Waals surface area contributed by atoms with Crippen LogP contribution in [0.3, 0.4) is 0 Å². The minimum Gasteiger partial charge on any atom is -0.388 e. The zero-order valence-corrected chi connectivity index (χ0v) is 30.4. The molecule has 3 aromatic rings. The maximum Gasteiger partial charge on any atom is 0.261 e. The summed E-state index contributed by atoms with van der Waals surface area (Å²) in [5.41, 5.74) is 2.29. The molecule has 0 spiro atoms. The number of hydrogen-bond donors (Lipinski definition) is 2. The van der Waals surface area contributed by atoms with Crippen LogP contribution in [0.15, 0.2) is 91.0 Å². The fourth-order valence-electron chi connectivity index (χ4n) is 6.01. The van der Waals surface area contributed by atoms with E-state index in [4.69, 9.17) is 14.0 Å². The number of ether oxygens (including phenoxy) is 2. The molecule has 0 amide bonds. The first-order chi connectivity index (χ1) is 23.3. The quantitative estimate of drug-likeness (QED) is 0.0525. The van der Waals surface area contributed by atoms with Gasteiger partial charge in [0.1, 0.15) is 11.7 Å². The Balaban J connectivity index is 0.00000149. The van der Waals surface area contributed by atoms with E-state index >= 15 is 0 Å². The molecule has 0 bridgehead atoms. The molecule has 0 aliphatic heterocycles. The number of rotatable bonds is 25. The second-order valence-electron chi connectivity index (χ2n) is 12.9. The van der Waals surface area contributed by atoms with Crippen LogP contribution >= 0.6 is 0 Å². The van der Waals surface area contributed by atoms with E-state index in [0.29, 0.717) is 12.9 Å². The lowest BCUT2D eigenvalue weighted by atomic mass is 9.80. The first-order valence-corrected chi connectivity index (χ1v) is 20.1. The SMILES string of the molecule is CCCCCCCCCCCCCCCCCCOCC(O)COC(c1ccccc1)(c1ccccc1)c1ccccc1.CS(=O)(=O)O. The second kappa shape index (κ2) is 25.4. The Hall–Kier alpha value is -2.55. The van der Waals surface area contributed by atoms with Crippen molar-refractivity contribution in [1.82, 2.24) is 0 Å². The molecule has 0 radical (unpaired) electrons. The second-order valence-corrected chi connectivity index (χ2v) is 14.3. The lowest BCUT2D eigenvalue weighted by molar-refractivity contribution is -0.0641. The smallest absolute Gasteiger partial charge is 0.261 e. The van der Waals surface area contributed by atoms with Crippen LogP contribution in [0, 0.1) is 0 Å². The molecule has 7 heteroatoms. The molecule has 6 nitrogen and oxygen atoms in total. The van der Waals surface area contributed by atoms with Gasteiger partial charge in [0.25, 0.3) is 10.1 Å². The van der Waals surface area contributed by atoms with Crippen molar-refractivity contribution in [2.45, 2.75) is 121 Å². The van der Waals surface area contributed by atoms with Crippen LogP contribution in [0.2, 0.25) is 0 Å². The largest absolute Gasteiger partial charge is 0.388 e. The molecule has 3 rings (SSSR count).